The Kier molecular flexibility index (Phi) is 6.38. The lowest BCUT2D eigenvalue weighted by Gasteiger charge is -2.19. The van der Waals surface area contributed by atoms with Crippen molar-refractivity contribution in [3.8, 4) is 17.2 Å². The van der Waals surface area contributed by atoms with Gasteiger partial charge in [-0.25, -0.2) is 4.99 Å². The van der Waals surface area contributed by atoms with Crippen LogP contribution in [0, 0.1) is 11.5 Å². The second kappa shape index (κ2) is 7.80. The first-order valence-electron chi connectivity index (χ1n) is 6.89. The molecule has 0 fully saturated rings. The standard InChI is InChI=1S/C16H23NOSi/c1-5-19(6-2,7-3)14-8-13-17-15-9-11-16(18-4)12-10-15/h9-13H,5-7H2,1-4H3. The highest BCUT2D eigenvalue weighted by atomic mass is 28.3. The zero-order valence-electron chi connectivity index (χ0n) is 12.4. The lowest BCUT2D eigenvalue weighted by Crippen LogP contribution is -2.29. The highest BCUT2D eigenvalue weighted by Gasteiger charge is 2.23. The predicted octanol–water partition coefficient (Wildman–Crippen LogP) is 4.45. The molecule has 0 amide bonds. The molecule has 0 heterocycles. The topological polar surface area (TPSA) is 21.6 Å². The zero-order valence-corrected chi connectivity index (χ0v) is 13.4. The Bertz CT molecular complexity index is 455. The van der Waals surface area contributed by atoms with Gasteiger partial charge < -0.3 is 4.74 Å². The summed E-state index contributed by atoms with van der Waals surface area (Å²) in [4.78, 5) is 4.36. The molecule has 19 heavy (non-hydrogen) atoms. The molecule has 0 radical (unpaired) electrons. The van der Waals surface area contributed by atoms with Gasteiger partial charge in [0.05, 0.1) is 19.0 Å². The molecule has 0 aliphatic carbocycles. The van der Waals surface area contributed by atoms with Crippen LogP contribution in [0.25, 0.3) is 0 Å². The Morgan fingerprint density at radius 3 is 2.16 bits per heavy atom. The molecule has 0 saturated carbocycles. The van der Waals surface area contributed by atoms with Crippen molar-refractivity contribution in [3.63, 3.8) is 0 Å². The Labute approximate surface area is 117 Å². The van der Waals surface area contributed by atoms with Crippen LogP contribution in [0.15, 0.2) is 29.3 Å². The first-order valence-corrected chi connectivity index (χ1v) is 9.51. The maximum atomic E-state index is 5.11. The molecule has 1 aromatic carbocycles. The smallest absolute Gasteiger partial charge is 0.138 e. The molecule has 0 atom stereocenters. The van der Waals surface area contributed by atoms with Crippen LogP contribution in [0.4, 0.5) is 5.69 Å². The summed E-state index contributed by atoms with van der Waals surface area (Å²) in [7, 11) is 0.318. The fourth-order valence-electron chi connectivity index (χ4n) is 1.98. The van der Waals surface area contributed by atoms with Crippen molar-refractivity contribution >= 4 is 20.0 Å². The molecule has 0 spiro atoms. The second-order valence-corrected chi connectivity index (χ2v) is 9.50. The van der Waals surface area contributed by atoms with Gasteiger partial charge in [0.2, 0.25) is 0 Å². The number of methoxy groups -OCH3 is 1. The number of hydrogen-bond acceptors (Lipinski definition) is 2. The number of nitrogens with zero attached hydrogens (tertiary/aromatic N) is 1. The Morgan fingerprint density at radius 2 is 1.68 bits per heavy atom. The Morgan fingerprint density at radius 1 is 1.11 bits per heavy atom. The van der Waals surface area contributed by atoms with Gasteiger partial charge in [-0.1, -0.05) is 26.7 Å². The van der Waals surface area contributed by atoms with E-state index in [2.05, 4.69) is 37.2 Å². The molecule has 0 aliphatic heterocycles. The van der Waals surface area contributed by atoms with Crippen LogP contribution in [-0.4, -0.2) is 21.4 Å². The predicted molar refractivity (Wildman–Crippen MR) is 86.1 cm³/mol. The van der Waals surface area contributed by atoms with Crippen LogP contribution in [0.3, 0.4) is 0 Å². The van der Waals surface area contributed by atoms with Crippen LogP contribution in [0.1, 0.15) is 20.8 Å². The SMILES string of the molecule is CC[Si](C#CC=Nc1ccc(OC)cc1)(CC)CC. The summed E-state index contributed by atoms with van der Waals surface area (Å²) in [6.45, 7) is 6.78. The monoisotopic (exact) mass is 273 g/mol. The van der Waals surface area contributed by atoms with Gasteiger partial charge in [0, 0.05) is 0 Å². The summed E-state index contributed by atoms with van der Waals surface area (Å²) in [5.41, 5.74) is 4.40. The summed E-state index contributed by atoms with van der Waals surface area (Å²) >= 11 is 0. The number of rotatable bonds is 5. The van der Waals surface area contributed by atoms with Gasteiger partial charge >= 0.3 is 0 Å². The highest BCUT2D eigenvalue weighted by Crippen LogP contribution is 2.19. The highest BCUT2D eigenvalue weighted by molar-refractivity contribution is 6.87. The molecular weight excluding hydrogens is 250 g/mol. The quantitative estimate of drug-likeness (QED) is 0.441. The largest absolute Gasteiger partial charge is 0.497 e. The summed E-state index contributed by atoms with van der Waals surface area (Å²) in [5.74, 6) is 3.99. The Balaban J connectivity index is 2.72. The van der Waals surface area contributed by atoms with Crippen molar-refractivity contribution in [1.82, 2.24) is 0 Å². The van der Waals surface area contributed by atoms with E-state index in [9.17, 15) is 0 Å². The number of hydrogen-bond donors (Lipinski definition) is 0. The van der Waals surface area contributed by atoms with Crippen LogP contribution in [0.2, 0.25) is 18.1 Å². The number of ether oxygens (including phenoxy) is 1. The van der Waals surface area contributed by atoms with E-state index in [4.69, 9.17) is 4.74 Å². The average molecular weight is 273 g/mol. The molecule has 0 saturated heterocycles. The Hall–Kier alpha value is -1.53. The van der Waals surface area contributed by atoms with E-state index in [-0.39, 0.29) is 0 Å². The lowest BCUT2D eigenvalue weighted by molar-refractivity contribution is 0.415. The molecule has 0 bridgehead atoms. The van der Waals surface area contributed by atoms with Gasteiger partial charge in [-0.3, -0.25) is 0 Å². The van der Waals surface area contributed by atoms with E-state index in [1.807, 2.05) is 24.3 Å². The maximum absolute atomic E-state index is 5.11. The minimum atomic E-state index is -1.34. The van der Waals surface area contributed by atoms with E-state index in [0.717, 1.165) is 11.4 Å². The fraction of sp³-hybridized carbons (Fsp3) is 0.438. The molecule has 1 aromatic rings. The number of aliphatic imine (C=N–C) groups is 1. The van der Waals surface area contributed by atoms with Crippen LogP contribution in [0.5, 0.6) is 5.75 Å². The summed E-state index contributed by atoms with van der Waals surface area (Å²) < 4.78 is 5.11. The van der Waals surface area contributed by atoms with Crippen molar-refractivity contribution in [2.24, 2.45) is 4.99 Å². The molecule has 1 rings (SSSR count). The third kappa shape index (κ3) is 4.57. The molecule has 0 aliphatic rings. The van der Waals surface area contributed by atoms with E-state index < -0.39 is 8.07 Å². The van der Waals surface area contributed by atoms with Gasteiger partial charge in [-0.2, -0.15) is 0 Å². The normalized spacial score (nSPS) is 11.2. The van der Waals surface area contributed by atoms with Crippen molar-refractivity contribution in [2.75, 3.05) is 7.11 Å². The van der Waals surface area contributed by atoms with Crippen molar-refractivity contribution in [3.05, 3.63) is 24.3 Å². The van der Waals surface area contributed by atoms with Gasteiger partial charge in [0.1, 0.15) is 13.8 Å². The molecule has 3 heteroatoms. The van der Waals surface area contributed by atoms with Gasteiger partial charge in [-0.05, 0) is 42.4 Å². The van der Waals surface area contributed by atoms with Gasteiger partial charge in [0.25, 0.3) is 0 Å². The summed E-state index contributed by atoms with van der Waals surface area (Å²) in [6, 6.07) is 11.4. The maximum Gasteiger partial charge on any atom is 0.138 e. The zero-order chi connectivity index (χ0) is 14.1. The first kappa shape index (κ1) is 15.5. The minimum absolute atomic E-state index is 0.847. The van der Waals surface area contributed by atoms with E-state index >= 15 is 0 Å². The molecule has 2 nitrogen and oxygen atoms in total. The van der Waals surface area contributed by atoms with Gasteiger partial charge in [0.15, 0.2) is 0 Å². The van der Waals surface area contributed by atoms with Gasteiger partial charge in [-0.15, -0.1) is 5.54 Å². The molecule has 0 N–H and O–H groups in total. The van der Waals surface area contributed by atoms with E-state index in [1.54, 1.807) is 13.3 Å². The first-order chi connectivity index (χ1) is 9.19. The van der Waals surface area contributed by atoms with Crippen LogP contribution >= 0.6 is 0 Å². The molecule has 0 unspecified atom stereocenters. The third-order valence-electron chi connectivity index (χ3n) is 3.72. The third-order valence-corrected chi connectivity index (χ3v) is 8.45. The summed E-state index contributed by atoms with van der Waals surface area (Å²) in [5, 5.41) is 0. The summed E-state index contributed by atoms with van der Waals surface area (Å²) in [6.07, 6.45) is 1.73. The van der Waals surface area contributed by atoms with Crippen LogP contribution < -0.4 is 4.74 Å². The second-order valence-electron chi connectivity index (χ2n) is 4.57. The molecule has 102 valence electrons. The van der Waals surface area contributed by atoms with Crippen molar-refractivity contribution in [2.45, 2.75) is 38.9 Å². The molecular formula is C16H23NOSi. The minimum Gasteiger partial charge on any atom is -0.497 e. The fourth-order valence-corrected chi connectivity index (χ4v) is 4.38. The van der Waals surface area contributed by atoms with E-state index in [1.165, 1.54) is 18.1 Å². The van der Waals surface area contributed by atoms with Crippen LogP contribution in [-0.2, 0) is 0 Å². The number of benzene rings is 1. The molecule has 0 aromatic heterocycles. The van der Waals surface area contributed by atoms with Crippen molar-refractivity contribution < 1.29 is 4.74 Å². The van der Waals surface area contributed by atoms with Crippen molar-refractivity contribution in [1.29, 1.82) is 0 Å². The lowest BCUT2D eigenvalue weighted by atomic mass is 10.3. The average Bonchev–Trinajstić information content (AvgIpc) is 2.49. The van der Waals surface area contributed by atoms with E-state index in [0.29, 0.717) is 0 Å².